The van der Waals surface area contributed by atoms with Crippen LogP contribution in [-0.2, 0) is 0 Å². The van der Waals surface area contributed by atoms with Crippen LogP contribution in [0.25, 0.3) is 0 Å². The topological polar surface area (TPSA) is 95.7 Å². The summed E-state index contributed by atoms with van der Waals surface area (Å²) in [5.41, 5.74) is 1.27. The zero-order valence-electron chi connectivity index (χ0n) is 17.0. The summed E-state index contributed by atoms with van der Waals surface area (Å²) in [6, 6.07) is 10.7. The molecule has 2 aromatic carbocycles. The molecule has 3 N–H and O–H groups in total. The lowest BCUT2D eigenvalue weighted by Crippen LogP contribution is -2.20. The van der Waals surface area contributed by atoms with Gasteiger partial charge in [0.25, 0.3) is 0 Å². The number of phenols is 2. The van der Waals surface area contributed by atoms with Crippen molar-refractivity contribution < 1.29 is 19.7 Å². The molecule has 0 spiro atoms. The molecule has 0 radical (unpaired) electrons. The fourth-order valence-electron chi connectivity index (χ4n) is 2.57. The lowest BCUT2D eigenvalue weighted by Gasteiger charge is -2.07. The number of nitrogens with zero attached hydrogens (tertiary/aromatic N) is 2. The van der Waals surface area contributed by atoms with E-state index in [4.69, 9.17) is 9.47 Å². The van der Waals surface area contributed by atoms with Gasteiger partial charge in [-0.1, -0.05) is 12.1 Å². The SMILES string of the molecule is CCOc1cccc(C=NCCNCCN=Cc2cccc(OCC)c2O)c1O. The van der Waals surface area contributed by atoms with E-state index >= 15 is 0 Å². The van der Waals surface area contributed by atoms with E-state index in [0.29, 0.717) is 62.0 Å². The molecule has 7 nitrogen and oxygen atoms in total. The highest BCUT2D eigenvalue weighted by molar-refractivity contribution is 5.85. The fraction of sp³-hybridized carbons (Fsp3) is 0.364. The van der Waals surface area contributed by atoms with Gasteiger partial charge in [-0.2, -0.15) is 0 Å². The molecule has 0 unspecified atom stereocenters. The Balaban J connectivity index is 1.69. The Morgan fingerprint density at radius 3 is 1.66 bits per heavy atom. The number of phenolic OH excluding ortho intramolecular Hbond substituents is 2. The minimum atomic E-state index is 0.108. The number of para-hydroxylation sites is 2. The molecule has 0 bridgehead atoms. The molecule has 0 amide bonds. The number of nitrogens with one attached hydrogen (secondary N) is 1. The first kappa shape index (κ1) is 22.2. The van der Waals surface area contributed by atoms with Crippen LogP contribution in [0.1, 0.15) is 25.0 Å². The second kappa shape index (κ2) is 12.4. The molecule has 156 valence electrons. The van der Waals surface area contributed by atoms with Crippen LogP contribution in [0, 0.1) is 0 Å². The molecule has 0 heterocycles. The first-order valence-corrected chi connectivity index (χ1v) is 9.77. The molecule has 7 heteroatoms. The van der Waals surface area contributed by atoms with E-state index in [1.54, 1.807) is 36.7 Å². The van der Waals surface area contributed by atoms with E-state index in [2.05, 4.69) is 15.3 Å². The van der Waals surface area contributed by atoms with Gasteiger partial charge in [-0.3, -0.25) is 9.98 Å². The molecule has 2 rings (SSSR count). The number of benzene rings is 2. The molecular formula is C22H29N3O4. The van der Waals surface area contributed by atoms with Gasteiger partial charge in [0.15, 0.2) is 23.0 Å². The second-order valence-corrected chi connectivity index (χ2v) is 6.07. The Morgan fingerprint density at radius 1 is 0.793 bits per heavy atom. The minimum Gasteiger partial charge on any atom is -0.504 e. The largest absolute Gasteiger partial charge is 0.504 e. The number of hydrogen-bond donors (Lipinski definition) is 3. The molecule has 0 fully saturated rings. The zero-order valence-corrected chi connectivity index (χ0v) is 17.0. The minimum absolute atomic E-state index is 0.108. The molecule has 0 atom stereocenters. The quantitative estimate of drug-likeness (QED) is 0.377. The highest BCUT2D eigenvalue weighted by Gasteiger charge is 2.06. The molecular weight excluding hydrogens is 370 g/mol. The van der Waals surface area contributed by atoms with Crippen molar-refractivity contribution in [2.75, 3.05) is 39.4 Å². The van der Waals surface area contributed by atoms with Crippen molar-refractivity contribution in [2.45, 2.75) is 13.8 Å². The van der Waals surface area contributed by atoms with Gasteiger partial charge in [-0.15, -0.1) is 0 Å². The normalized spacial score (nSPS) is 11.4. The van der Waals surface area contributed by atoms with Gasteiger partial charge >= 0.3 is 0 Å². The number of hydrogen-bond acceptors (Lipinski definition) is 7. The van der Waals surface area contributed by atoms with Gasteiger partial charge in [0, 0.05) is 36.6 Å². The Hall–Kier alpha value is -3.06. The van der Waals surface area contributed by atoms with Crippen LogP contribution in [0.4, 0.5) is 0 Å². The first-order chi connectivity index (χ1) is 14.2. The molecule has 0 aromatic heterocycles. The molecule has 2 aromatic rings. The maximum Gasteiger partial charge on any atom is 0.166 e. The highest BCUT2D eigenvalue weighted by atomic mass is 16.5. The van der Waals surface area contributed by atoms with Crippen molar-refractivity contribution in [3.63, 3.8) is 0 Å². The number of aromatic hydroxyl groups is 2. The average molecular weight is 399 g/mol. The van der Waals surface area contributed by atoms with Gasteiger partial charge in [0.05, 0.1) is 26.3 Å². The third-order valence-electron chi connectivity index (χ3n) is 3.96. The van der Waals surface area contributed by atoms with Gasteiger partial charge in [-0.05, 0) is 38.1 Å². The maximum absolute atomic E-state index is 10.1. The predicted octanol–water partition coefficient (Wildman–Crippen LogP) is 3.02. The Bertz CT molecular complexity index is 754. The highest BCUT2D eigenvalue weighted by Crippen LogP contribution is 2.29. The first-order valence-electron chi connectivity index (χ1n) is 9.77. The third-order valence-corrected chi connectivity index (χ3v) is 3.96. The van der Waals surface area contributed by atoms with E-state index in [0.717, 1.165) is 0 Å². The third kappa shape index (κ3) is 7.12. The molecule has 0 aliphatic heterocycles. The van der Waals surface area contributed by atoms with E-state index in [1.165, 1.54) is 0 Å². The van der Waals surface area contributed by atoms with Crippen LogP contribution < -0.4 is 14.8 Å². The Kier molecular flexibility index (Phi) is 9.51. The van der Waals surface area contributed by atoms with Crippen molar-refractivity contribution in [1.29, 1.82) is 0 Å². The van der Waals surface area contributed by atoms with Gasteiger partial charge in [0.1, 0.15) is 0 Å². The Morgan fingerprint density at radius 2 is 1.24 bits per heavy atom. The van der Waals surface area contributed by atoms with Crippen molar-refractivity contribution in [1.82, 2.24) is 5.32 Å². The number of rotatable bonds is 12. The lowest BCUT2D eigenvalue weighted by molar-refractivity contribution is 0.318. The molecule has 0 aliphatic rings. The molecule has 0 aliphatic carbocycles. The van der Waals surface area contributed by atoms with Crippen molar-refractivity contribution in [3.05, 3.63) is 47.5 Å². The molecule has 0 saturated carbocycles. The second-order valence-electron chi connectivity index (χ2n) is 6.07. The molecule has 0 saturated heterocycles. The zero-order chi connectivity index (χ0) is 20.9. The van der Waals surface area contributed by atoms with Gasteiger partial charge in [0.2, 0.25) is 0 Å². The average Bonchev–Trinajstić information content (AvgIpc) is 2.72. The summed E-state index contributed by atoms with van der Waals surface area (Å²) in [6.45, 7) is 7.30. The van der Waals surface area contributed by atoms with Crippen LogP contribution >= 0.6 is 0 Å². The monoisotopic (exact) mass is 399 g/mol. The summed E-state index contributed by atoms with van der Waals surface area (Å²) >= 11 is 0. The van der Waals surface area contributed by atoms with Crippen LogP contribution in [0.5, 0.6) is 23.0 Å². The van der Waals surface area contributed by atoms with E-state index in [9.17, 15) is 10.2 Å². The van der Waals surface area contributed by atoms with Crippen LogP contribution in [-0.4, -0.2) is 62.0 Å². The summed E-state index contributed by atoms with van der Waals surface area (Å²) in [7, 11) is 0. The summed E-state index contributed by atoms with van der Waals surface area (Å²) in [5, 5.41) is 23.5. The summed E-state index contributed by atoms with van der Waals surface area (Å²) in [5.74, 6) is 1.14. The van der Waals surface area contributed by atoms with E-state index < -0.39 is 0 Å². The van der Waals surface area contributed by atoms with E-state index in [-0.39, 0.29) is 11.5 Å². The summed E-state index contributed by atoms with van der Waals surface area (Å²) in [4.78, 5) is 8.64. The maximum atomic E-state index is 10.1. The van der Waals surface area contributed by atoms with Crippen molar-refractivity contribution >= 4 is 12.4 Å². The van der Waals surface area contributed by atoms with Crippen LogP contribution in [0.15, 0.2) is 46.4 Å². The predicted molar refractivity (Wildman–Crippen MR) is 116 cm³/mol. The van der Waals surface area contributed by atoms with Gasteiger partial charge in [-0.25, -0.2) is 0 Å². The van der Waals surface area contributed by atoms with Crippen LogP contribution in [0.2, 0.25) is 0 Å². The standard InChI is InChI=1S/C22H29N3O4/c1-3-28-19-9-5-7-17(21(19)26)15-24-13-11-23-12-14-25-16-18-8-6-10-20(22(18)27)29-4-2/h5-10,15-16,23,26-27H,3-4,11-14H2,1-2H3. The number of ether oxygens (including phenoxy) is 2. The van der Waals surface area contributed by atoms with Gasteiger partial charge < -0.3 is 25.0 Å². The molecule has 29 heavy (non-hydrogen) atoms. The lowest BCUT2D eigenvalue weighted by atomic mass is 10.2. The van der Waals surface area contributed by atoms with E-state index in [1.807, 2.05) is 26.0 Å². The fourth-order valence-corrected chi connectivity index (χ4v) is 2.57. The van der Waals surface area contributed by atoms with Crippen molar-refractivity contribution in [3.8, 4) is 23.0 Å². The Labute approximate surface area is 171 Å². The van der Waals surface area contributed by atoms with Crippen LogP contribution in [0.3, 0.4) is 0 Å². The summed E-state index contributed by atoms with van der Waals surface area (Å²) < 4.78 is 10.7. The smallest absolute Gasteiger partial charge is 0.166 e. The van der Waals surface area contributed by atoms with Crippen molar-refractivity contribution in [2.24, 2.45) is 9.98 Å². The summed E-state index contributed by atoms with van der Waals surface area (Å²) in [6.07, 6.45) is 3.29. The number of aliphatic imine (C=N–C) groups is 2.